The normalized spacial score (nSPS) is 11.0. The van der Waals surface area contributed by atoms with Gasteiger partial charge in [0.1, 0.15) is 0 Å². The van der Waals surface area contributed by atoms with E-state index in [4.69, 9.17) is 0 Å². The predicted molar refractivity (Wildman–Crippen MR) is 88.8 cm³/mol. The van der Waals surface area contributed by atoms with Gasteiger partial charge in [0.25, 0.3) is 0 Å². The Morgan fingerprint density at radius 2 is 1.26 bits per heavy atom. The number of hydrogen-bond acceptors (Lipinski definition) is 0. The summed E-state index contributed by atoms with van der Waals surface area (Å²) in [5.41, 5.74) is 2.26. The van der Waals surface area contributed by atoms with Crippen LogP contribution in [0.4, 0.5) is 13.2 Å². The minimum Gasteiger partial charge on any atom is -0.204 e. The largest absolute Gasteiger partial charge is 0.204 e. The van der Waals surface area contributed by atoms with Crippen LogP contribution in [0.5, 0.6) is 0 Å². The second-order valence-electron chi connectivity index (χ2n) is 5.97. The Bertz CT molecular complexity index is 594. The van der Waals surface area contributed by atoms with Crippen LogP contribution in [0.3, 0.4) is 0 Å². The molecule has 0 unspecified atom stereocenters. The lowest BCUT2D eigenvalue weighted by atomic mass is 10.0. The molecule has 23 heavy (non-hydrogen) atoms. The SMILES string of the molecule is CCCCCCCCc1ccc(-c2cc(F)c(F)c(F)c2)cc1. The minimum absolute atomic E-state index is 0.354. The highest BCUT2D eigenvalue weighted by Gasteiger charge is 2.11. The Morgan fingerprint density at radius 1 is 0.696 bits per heavy atom. The second-order valence-corrected chi connectivity index (χ2v) is 5.97. The van der Waals surface area contributed by atoms with Crippen LogP contribution in [0.15, 0.2) is 36.4 Å². The van der Waals surface area contributed by atoms with Crippen LogP contribution in [0.1, 0.15) is 51.0 Å². The van der Waals surface area contributed by atoms with Gasteiger partial charge in [-0.3, -0.25) is 0 Å². The van der Waals surface area contributed by atoms with Crippen LogP contribution >= 0.6 is 0 Å². The van der Waals surface area contributed by atoms with Crippen molar-refractivity contribution in [2.24, 2.45) is 0 Å². The molecule has 2 aromatic carbocycles. The summed E-state index contributed by atoms with van der Waals surface area (Å²) in [6.07, 6.45) is 8.54. The molecule has 0 aliphatic carbocycles. The standard InChI is InChI=1S/C20H23F3/c1-2-3-4-5-6-7-8-15-9-11-16(12-10-15)17-13-18(21)20(23)19(22)14-17/h9-14H,2-8H2,1H3. The molecular weight excluding hydrogens is 297 g/mol. The third-order valence-electron chi connectivity index (χ3n) is 4.09. The van der Waals surface area contributed by atoms with Crippen LogP contribution in [0, 0.1) is 17.5 Å². The van der Waals surface area contributed by atoms with E-state index < -0.39 is 17.5 Å². The molecule has 0 aliphatic heterocycles. The van der Waals surface area contributed by atoms with E-state index in [0.29, 0.717) is 11.1 Å². The van der Waals surface area contributed by atoms with Crippen molar-refractivity contribution in [3.05, 3.63) is 59.4 Å². The van der Waals surface area contributed by atoms with Gasteiger partial charge in [0.15, 0.2) is 17.5 Å². The maximum Gasteiger partial charge on any atom is 0.194 e. The van der Waals surface area contributed by atoms with Gasteiger partial charge in [-0.15, -0.1) is 0 Å². The van der Waals surface area contributed by atoms with Crippen LogP contribution in [0.25, 0.3) is 11.1 Å². The van der Waals surface area contributed by atoms with E-state index in [1.54, 1.807) is 0 Å². The zero-order valence-corrected chi connectivity index (χ0v) is 13.5. The molecule has 0 aliphatic rings. The highest BCUT2D eigenvalue weighted by atomic mass is 19.2. The van der Waals surface area contributed by atoms with E-state index in [1.807, 2.05) is 24.3 Å². The summed E-state index contributed by atoms with van der Waals surface area (Å²) in [6, 6.07) is 9.67. The van der Waals surface area contributed by atoms with Crippen molar-refractivity contribution < 1.29 is 13.2 Å². The fourth-order valence-electron chi connectivity index (χ4n) is 2.70. The Kier molecular flexibility index (Phi) is 6.69. The second kappa shape index (κ2) is 8.76. The van der Waals surface area contributed by atoms with Crippen LogP contribution in [-0.4, -0.2) is 0 Å². The molecule has 2 rings (SSSR count). The molecule has 0 N–H and O–H groups in total. The molecule has 0 heterocycles. The van der Waals surface area contributed by atoms with E-state index >= 15 is 0 Å². The molecule has 0 saturated carbocycles. The summed E-state index contributed by atoms with van der Waals surface area (Å²) >= 11 is 0. The van der Waals surface area contributed by atoms with E-state index in [-0.39, 0.29) is 0 Å². The number of unbranched alkanes of at least 4 members (excludes halogenated alkanes) is 5. The van der Waals surface area contributed by atoms with Crippen molar-refractivity contribution >= 4 is 0 Å². The highest BCUT2D eigenvalue weighted by Crippen LogP contribution is 2.24. The topological polar surface area (TPSA) is 0 Å². The van der Waals surface area contributed by atoms with E-state index in [2.05, 4.69) is 6.92 Å². The van der Waals surface area contributed by atoms with Crippen molar-refractivity contribution in [1.82, 2.24) is 0 Å². The summed E-state index contributed by atoms with van der Waals surface area (Å²) in [5, 5.41) is 0. The fourth-order valence-corrected chi connectivity index (χ4v) is 2.70. The van der Waals surface area contributed by atoms with Crippen molar-refractivity contribution in [2.75, 3.05) is 0 Å². The molecule has 2 aromatic rings. The summed E-state index contributed by atoms with van der Waals surface area (Å²) in [6.45, 7) is 2.21. The van der Waals surface area contributed by atoms with Crippen molar-refractivity contribution in [3.8, 4) is 11.1 Å². The third-order valence-corrected chi connectivity index (χ3v) is 4.09. The van der Waals surface area contributed by atoms with Gasteiger partial charge >= 0.3 is 0 Å². The lowest BCUT2D eigenvalue weighted by Gasteiger charge is -2.06. The van der Waals surface area contributed by atoms with Gasteiger partial charge in [0.05, 0.1) is 0 Å². The molecule has 0 atom stereocenters. The highest BCUT2D eigenvalue weighted by molar-refractivity contribution is 5.63. The number of aryl methyl sites for hydroxylation is 1. The first-order valence-corrected chi connectivity index (χ1v) is 8.35. The third kappa shape index (κ3) is 5.12. The molecule has 0 saturated heterocycles. The monoisotopic (exact) mass is 320 g/mol. The zero-order valence-electron chi connectivity index (χ0n) is 13.5. The molecule has 0 fully saturated rings. The summed E-state index contributed by atoms with van der Waals surface area (Å²) < 4.78 is 39.6. The number of benzene rings is 2. The van der Waals surface area contributed by atoms with Crippen LogP contribution < -0.4 is 0 Å². The first-order valence-electron chi connectivity index (χ1n) is 8.35. The van der Waals surface area contributed by atoms with E-state index in [9.17, 15) is 13.2 Å². The Hall–Kier alpha value is -1.77. The summed E-state index contributed by atoms with van der Waals surface area (Å²) in [7, 11) is 0. The van der Waals surface area contributed by atoms with Gasteiger partial charge in [-0.25, -0.2) is 13.2 Å². The zero-order chi connectivity index (χ0) is 16.7. The van der Waals surface area contributed by atoms with Gasteiger partial charge < -0.3 is 0 Å². The van der Waals surface area contributed by atoms with Crippen LogP contribution in [-0.2, 0) is 6.42 Å². The Balaban J connectivity index is 1.92. The average molecular weight is 320 g/mol. The van der Waals surface area contributed by atoms with E-state index in [1.165, 1.54) is 37.7 Å². The Labute approximate surface area is 136 Å². The molecular formula is C20H23F3. The van der Waals surface area contributed by atoms with Gasteiger partial charge in [0.2, 0.25) is 0 Å². The summed E-state index contributed by atoms with van der Waals surface area (Å²) in [4.78, 5) is 0. The predicted octanol–water partition coefficient (Wildman–Crippen LogP) is 6.67. The molecule has 0 radical (unpaired) electrons. The van der Waals surface area contributed by atoms with Crippen molar-refractivity contribution in [3.63, 3.8) is 0 Å². The molecule has 0 spiro atoms. The minimum atomic E-state index is -1.42. The maximum absolute atomic E-state index is 13.3. The smallest absolute Gasteiger partial charge is 0.194 e. The first-order chi connectivity index (χ1) is 11.1. The fraction of sp³-hybridized carbons (Fsp3) is 0.400. The first kappa shape index (κ1) is 17.6. The van der Waals surface area contributed by atoms with Crippen molar-refractivity contribution in [1.29, 1.82) is 0 Å². The molecule has 0 amide bonds. The van der Waals surface area contributed by atoms with Gasteiger partial charge in [-0.1, -0.05) is 63.3 Å². The van der Waals surface area contributed by atoms with Gasteiger partial charge in [0, 0.05) is 0 Å². The van der Waals surface area contributed by atoms with E-state index in [0.717, 1.165) is 25.0 Å². The number of rotatable bonds is 8. The molecule has 124 valence electrons. The lowest BCUT2D eigenvalue weighted by molar-refractivity contribution is 0.448. The Morgan fingerprint density at radius 3 is 1.87 bits per heavy atom. The number of halogens is 3. The van der Waals surface area contributed by atoms with Crippen LogP contribution in [0.2, 0.25) is 0 Å². The summed E-state index contributed by atoms with van der Waals surface area (Å²) in [5.74, 6) is -3.74. The van der Waals surface area contributed by atoms with Crippen molar-refractivity contribution in [2.45, 2.75) is 51.9 Å². The molecule has 0 aromatic heterocycles. The van der Waals surface area contributed by atoms with Gasteiger partial charge in [-0.05, 0) is 41.7 Å². The lowest BCUT2D eigenvalue weighted by Crippen LogP contribution is -1.92. The maximum atomic E-state index is 13.3. The molecule has 0 nitrogen and oxygen atoms in total. The molecule has 0 bridgehead atoms. The quantitative estimate of drug-likeness (QED) is 0.376. The molecule has 3 heteroatoms. The van der Waals surface area contributed by atoms with Gasteiger partial charge in [-0.2, -0.15) is 0 Å². The average Bonchev–Trinajstić information content (AvgIpc) is 2.56. The number of hydrogen-bond donors (Lipinski definition) is 0.